The molecule has 0 radical (unpaired) electrons. The second kappa shape index (κ2) is 8.08. The van der Waals surface area contributed by atoms with Crippen LogP contribution in [-0.2, 0) is 6.18 Å². The normalized spacial score (nSPS) is 12.9. The fourth-order valence-electron chi connectivity index (χ4n) is 2.99. The van der Waals surface area contributed by atoms with E-state index in [1.807, 2.05) is 19.9 Å². The van der Waals surface area contributed by atoms with Crippen LogP contribution in [-0.4, -0.2) is 19.9 Å². The van der Waals surface area contributed by atoms with Crippen molar-refractivity contribution >= 4 is 44.6 Å². The highest BCUT2D eigenvalue weighted by Crippen LogP contribution is 2.38. The van der Waals surface area contributed by atoms with E-state index in [1.54, 1.807) is 18.5 Å². The molecular weight excluding hydrogens is 499 g/mol. The Bertz CT molecular complexity index is 1260. The predicted molar refractivity (Wildman–Crippen MR) is 114 cm³/mol. The van der Waals surface area contributed by atoms with Gasteiger partial charge < -0.3 is 9.73 Å². The number of halogens is 5. The van der Waals surface area contributed by atoms with Gasteiger partial charge in [-0.2, -0.15) is 18.2 Å². The monoisotopic (exact) mass is 511 g/mol. The standard InChI is InChI=1S/C20H14BrClF3N5O/c1-9-7-27-18(14-4-3-11(21)8-26-14)17(28-9)10(2)29-19-30-15-5-12(20(23,24)25)13(22)6-16(15)31-19/h3-8,10H,1-2H3,(H,29,30)/t10-/m0/s1. The van der Waals surface area contributed by atoms with Gasteiger partial charge in [0.2, 0.25) is 0 Å². The average Bonchev–Trinajstić information content (AvgIpc) is 3.08. The van der Waals surface area contributed by atoms with Crippen LogP contribution < -0.4 is 5.32 Å². The Kier molecular flexibility index (Phi) is 5.61. The van der Waals surface area contributed by atoms with Crippen molar-refractivity contribution in [2.45, 2.75) is 26.1 Å². The van der Waals surface area contributed by atoms with Gasteiger partial charge in [0.1, 0.15) is 11.2 Å². The van der Waals surface area contributed by atoms with Crippen LogP contribution in [0.3, 0.4) is 0 Å². The van der Waals surface area contributed by atoms with E-state index in [1.165, 1.54) is 0 Å². The molecule has 1 N–H and O–H groups in total. The van der Waals surface area contributed by atoms with Gasteiger partial charge in [-0.25, -0.2) is 0 Å². The summed E-state index contributed by atoms with van der Waals surface area (Å²) in [5.74, 6) is 0. The Balaban J connectivity index is 1.68. The molecule has 160 valence electrons. The van der Waals surface area contributed by atoms with E-state index >= 15 is 0 Å². The lowest BCUT2D eigenvalue weighted by molar-refractivity contribution is -0.137. The zero-order valence-electron chi connectivity index (χ0n) is 16.1. The van der Waals surface area contributed by atoms with E-state index < -0.39 is 22.8 Å². The number of hydrogen-bond acceptors (Lipinski definition) is 6. The molecule has 11 heteroatoms. The first kappa shape index (κ1) is 21.5. The summed E-state index contributed by atoms with van der Waals surface area (Å²) in [5.41, 5.74) is 1.68. The summed E-state index contributed by atoms with van der Waals surface area (Å²) in [6.07, 6.45) is -1.30. The maximum atomic E-state index is 13.1. The Morgan fingerprint density at radius 1 is 1.13 bits per heavy atom. The van der Waals surface area contributed by atoms with E-state index in [2.05, 4.69) is 41.2 Å². The highest BCUT2D eigenvalue weighted by molar-refractivity contribution is 9.10. The summed E-state index contributed by atoms with van der Waals surface area (Å²) in [7, 11) is 0. The zero-order chi connectivity index (χ0) is 22.3. The Morgan fingerprint density at radius 3 is 2.58 bits per heavy atom. The molecule has 3 heterocycles. The van der Waals surface area contributed by atoms with Crippen LogP contribution in [0.1, 0.15) is 29.9 Å². The molecule has 31 heavy (non-hydrogen) atoms. The fourth-order valence-corrected chi connectivity index (χ4v) is 3.49. The average molecular weight is 513 g/mol. The van der Waals surface area contributed by atoms with Crippen LogP contribution in [0, 0.1) is 6.92 Å². The van der Waals surface area contributed by atoms with Crippen LogP contribution in [0.2, 0.25) is 5.02 Å². The number of oxazole rings is 1. The number of nitrogens with one attached hydrogen (secondary N) is 1. The third kappa shape index (κ3) is 4.49. The van der Waals surface area contributed by atoms with Gasteiger partial charge >= 0.3 is 6.18 Å². The van der Waals surface area contributed by atoms with Crippen molar-refractivity contribution in [3.63, 3.8) is 0 Å². The number of aryl methyl sites for hydroxylation is 1. The second-order valence-electron chi connectivity index (χ2n) is 6.79. The third-order valence-electron chi connectivity index (χ3n) is 4.42. The van der Waals surface area contributed by atoms with Crippen LogP contribution in [0.5, 0.6) is 0 Å². The molecule has 0 bridgehead atoms. The molecule has 0 amide bonds. The Morgan fingerprint density at radius 2 is 1.90 bits per heavy atom. The lowest BCUT2D eigenvalue weighted by Crippen LogP contribution is -2.12. The molecule has 0 aliphatic heterocycles. The number of hydrogen-bond donors (Lipinski definition) is 1. The van der Waals surface area contributed by atoms with E-state index in [9.17, 15) is 13.2 Å². The minimum atomic E-state index is -4.59. The molecule has 4 aromatic rings. The summed E-state index contributed by atoms with van der Waals surface area (Å²) in [5, 5.41) is 2.58. The van der Waals surface area contributed by atoms with Gasteiger partial charge in [0.25, 0.3) is 6.01 Å². The Hall–Kier alpha value is -2.72. The maximum absolute atomic E-state index is 13.1. The molecule has 4 rings (SSSR count). The van der Waals surface area contributed by atoms with Crippen molar-refractivity contribution in [1.82, 2.24) is 19.9 Å². The maximum Gasteiger partial charge on any atom is 0.417 e. The molecule has 0 spiro atoms. The SMILES string of the molecule is Cc1cnc(-c2ccc(Br)cn2)c([C@H](C)Nc2nc3cc(C(F)(F)F)c(Cl)cc3o2)n1. The quantitative estimate of drug-likeness (QED) is 0.332. The number of nitrogens with zero attached hydrogens (tertiary/aromatic N) is 4. The van der Waals surface area contributed by atoms with Gasteiger partial charge in [-0.15, -0.1) is 0 Å². The molecule has 0 aliphatic carbocycles. The molecule has 0 saturated heterocycles. The van der Waals surface area contributed by atoms with Crippen molar-refractivity contribution in [1.29, 1.82) is 0 Å². The van der Waals surface area contributed by atoms with Gasteiger partial charge in [-0.1, -0.05) is 11.6 Å². The molecule has 0 fully saturated rings. The molecule has 0 saturated carbocycles. The lowest BCUT2D eigenvalue weighted by Gasteiger charge is -2.15. The van der Waals surface area contributed by atoms with Crippen LogP contribution in [0.15, 0.2) is 45.5 Å². The van der Waals surface area contributed by atoms with E-state index in [-0.39, 0.29) is 17.1 Å². The van der Waals surface area contributed by atoms with Crippen molar-refractivity contribution in [3.05, 3.63) is 63.1 Å². The molecule has 1 aromatic carbocycles. The molecule has 3 aromatic heterocycles. The third-order valence-corrected chi connectivity index (χ3v) is 5.20. The van der Waals surface area contributed by atoms with Crippen LogP contribution >= 0.6 is 27.5 Å². The van der Waals surface area contributed by atoms with Gasteiger partial charge in [0, 0.05) is 22.9 Å². The number of aromatic nitrogens is 4. The summed E-state index contributed by atoms with van der Waals surface area (Å²) >= 11 is 9.11. The second-order valence-corrected chi connectivity index (χ2v) is 8.11. The summed E-state index contributed by atoms with van der Waals surface area (Å²) < 4.78 is 45.7. The first-order valence-electron chi connectivity index (χ1n) is 9.01. The van der Waals surface area contributed by atoms with E-state index in [4.69, 9.17) is 16.0 Å². The number of pyridine rings is 1. The highest BCUT2D eigenvalue weighted by Gasteiger charge is 2.34. The first-order chi connectivity index (χ1) is 14.6. The topological polar surface area (TPSA) is 76.7 Å². The summed E-state index contributed by atoms with van der Waals surface area (Å²) in [4.78, 5) is 17.5. The lowest BCUT2D eigenvalue weighted by atomic mass is 10.1. The number of rotatable bonds is 4. The first-order valence-corrected chi connectivity index (χ1v) is 10.2. The number of alkyl halides is 3. The number of benzene rings is 1. The van der Waals surface area contributed by atoms with Crippen LogP contribution in [0.4, 0.5) is 19.2 Å². The van der Waals surface area contributed by atoms with Crippen molar-refractivity contribution < 1.29 is 17.6 Å². The zero-order valence-corrected chi connectivity index (χ0v) is 18.5. The molecule has 6 nitrogen and oxygen atoms in total. The van der Waals surface area contributed by atoms with Gasteiger partial charge in [0.05, 0.1) is 33.7 Å². The minimum Gasteiger partial charge on any atom is -0.423 e. The number of fused-ring (bicyclic) bond motifs is 1. The van der Waals surface area contributed by atoms with Crippen molar-refractivity contribution in [3.8, 4) is 11.4 Å². The van der Waals surface area contributed by atoms with Crippen LogP contribution in [0.25, 0.3) is 22.5 Å². The highest BCUT2D eigenvalue weighted by atomic mass is 79.9. The number of anilines is 1. The molecule has 0 unspecified atom stereocenters. The van der Waals surface area contributed by atoms with E-state index in [0.29, 0.717) is 22.8 Å². The van der Waals surface area contributed by atoms with Crippen molar-refractivity contribution in [2.24, 2.45) is 0 Å². The predicted octanol–water partition coefficient (Wildman–Crippen LogP) is 6.60. The summed E-state index contributed by atoms with van der Waals surface area (Å²) in [6, 6.07) is 5.22. The smallest absolute Gasteiger partial charge is 0.417 e. The van der Waals surface area contributed by atoms with E-state index in [0.717, 1.165) is 16.6 Å². The van der Waals surface area contributed by atoms with Gasteiger partial charge in [-0.3, -0.25) is 15.0 Å². The minimum absolute atomic E-state index is 0.0379. The fraction of sp³-hybridized carbons (Fsp3) is 0.200. The Labute approximate surface area is 188 Å². The molecular formula is C20H14BrClF3N5O. The van der Waals surface area contributed by atoms with Crippen molar-refractivity contribution in [2.75, 3.05) is 5.32 Å². The largest absolute Gasteiger partial charge is 0.423 e. The molecule has 1 atom stereocenters. The van der Waals surface area contributed by atoms with Gasteiger partial charge in [-0.05, 0) is 48.0 Å². The molecule has 0 aliphatic rings. The van der Waals surface area contributed by atoms with Gasteiger partial charge in [0.15, 0.2) is 5.58 Å². The summed E-state index contributed by atoms with van der Waals surface area (Å²) in [6.45, 7) is 3.62.